The van der Waals surface area contributed by atoms with Gasteiger partial charge in [-0.25, -0.2) is 4.39 Å². The van der Waals surface area contributed by atoms with Gasteiger partial charge in [-0.1, -0.05) is 12.1 Å². The van der Waals surface area contributed by atoms with Gasteiger partial charge in [-0.3, -0.25) is 19.7 Å². The van der Waals surface area contributed by atoms with Gasteiger partial charge in [-0.15, -0.1) is 0 Å². The number of rotatable bonds is 7. The lowest BCUT2D eigenvalue weighted by Gasteiger charge is -2.17. The standard InChI is InChI=1S/C21H20FN3O4/c22-18-6-1-16(2-7-18)13-24-14-17(11-21(24)27)12-23-20(26)10-5-15-3-8-19(9-4-15)25(28)29/h1-10,17H,11-14H2,(H,23,26)/b10-5-. The van der Waals surface area contributed by atoms with Crippen molar-refractivity contribution in [3.63, 3.8) is 0 Å². The summed E-state index contributed by atoms with van der Waals surface area (Å²) in [4.78, 5) is 36.0. The maximum atomic E-state index is 13.0. The molecule has 0 aromatic heterocycles. The number of amides is 2. The van der Waals surface area contributed by atoms with Gasteiger partial charge >= 0.3 is 0 Å². The minimum absolute atomic E-state index is 0.00926. The molecule has 7 nitrogen and oxygen atoms in total. The zero-order chi connectivity index (χ0) is 20.8. The topological polar surface area (TPSA) is 92.5 Å². The Morgan fingerprint density at radius 2 is 1.90 bits per heavy atom. The third-order valence-electron chi connectivity index (χ3n) is 4.68. The quantitative estimate of drug-likeness (QED) is 0.442. The number of nitro groups is 1. The van der Waals surface area contributed by atoms with E-state index in [4.69, 9.17) is 0 Å². The largest absolute Gasteiger partial charge is 0.352 e. The maximum absolute atomic E-state index is 13.0. The number of benzene rings is 2. The van der Waals surface area contributed by atoms with Crippen LogP contribution in [0.3, 0.4) is 0 Å². The number of halogens is 1. The molecule has 2 amide bonds. The predicted molar refractivity (Wildman–Crippen MR) is 105 cm³/mol. The Morgan fingerprint density at radius 1 is 1.21 bits per heavy atom. The van der Waals surface area contributed by atoms with Gasteiger partial charge < -0.3 is 10.2 Å². The van der Waals surface area contributed by atoms with E-state index in [0.29, 0.717) is 31.6 Å². The summed E-state index contributed by atoms with van der Waals surface area (Å²) in [7, 11) is 0. The molecular formula is C21H20FN3O4. The summed E-state index contributed by atoms with van der Waals surface area (Å²) in [5.41, 5.74) is 1.52. The van der Waals surface area contributed by atoms with E-state index in [1.165, 1.54) is 30.3 Å². The average Bonchev–Trinajstić information content (AvgIpc) is 3.06. The van der Waals surface area contributed by atoms with Gasteiger partial charge in [0.2, 0.25) is 11.8 Å². The highest BCUT2D eigenvalue weighted by Crippen LogP contribution is 2.20. The zero-order valence-electron chi connectivity index (χ0n) is 15.6. The van der Waals surface area contributed by atoms with Crippen LogP contribution in [0.25, 0.3) is 6.08 Å². The van der Waals surface area contributed by atoms with Gasteiger partial charge in [-0.05, 0) is 41.5 Å². The minimum Gasteiger partial charge on any atom is -0.352 e. The van der Waals surface area contributed by atoms with Gasteiger partial charge in [0.25, 0.3) is 5.69 Å². The minimum atomic E-state index is -0.484. The molecule has 29 heavy (non-hydrogen) atoms. The van der Waals surface area contributed by atoms with Gasteiger partial charge in [-0.2, -0.15) is 0 Å². The van der Waals surface area contributed by atoms with Crippen LogP contribution in [0.1, 0.15) is 17.5 Å². The third kappa shape index (κ3) is 5.71. The molecule has 8 heteroatoms. The lowest BCUT2D eigenvalue weighted by molar-refractivity contribution is -0.384. The monoisotopic (exact) mass is 397 g/mol. The number of carbonyl (C=O) groups excluding carboxylic acids is 2. The van der Waals surface area contributed by atoms with E-state index in [9.17, 15) is 24.1 Å². The summed E-state index contributed by atoms with van der Waals surface area (Å²) in [6, 6.07) is 11.9. The van der Waals surface area contributed by atoms with Gasteiger partial charge in [0.15, 0.2) is 0 Å². The fourth-order valence-corrected chi connectivity index (χ4v) is 3.14. The number of nitrogens with one attached hydrogen (secondary N) is 1. The van der Waals surface area contributed by atoms with Gasteiger partial charge in [0.1, 0.15) is 5.82 Å². The molecule has 2 aromatic rings. The first-order valence-electron chi connectivity index (χ1n) is 9.13. The van der Waals surface area contributed by atoms with Crippen LogP contribution in [-0.4, -0.2) is 34.7 Å². The van der Waals surface area contributed by atoms with Gasteiger partial charge in [0.05, 0.1) is 4.92 Å². The molecule has 1 N–H and O–H groups in total. The second-order valence-corrected chi connectivity index (χ2v) is 6.90. The van der Waals surface area contributed by atoms with Crippen molar-refractivity contribution in [3.8, 4) is 0 Å². The molecule has 1 saturated heterocycles. The summed E-state index contributed by atoms with van der Waals surface area (Å²) < 4.78 is 13.0. The summed E-state index contributed by atoms with van der Waals surface area (Å²) in [6.07, 6.45) is 3.28. The van der Waals surface area contributed by atoms with Crippen LogP contribution in [0.2, 0.25) is 0 Å². The Bertz CT molecular complexity index is 926. The number of nitro benzene ring substituents is 1. The molecule has 2 aromatic carbocycles. The number of hydrogen-bond donors (Lipinski definition) is 1. The molecule has 0 aliphatic carbocycles. The molecule has 0 spiro atoms. The van der Waals surface area contributed by atoms with Gasteiger partial charge in [0, 0.05) is 50.2 Å². The Morgan fingerprint density at radius 3 is 2.55 bits per heavy atom. The van der Waals surface area contributed by atoms with E-state index >= 15 is 0 Å². The van der Waals surface area contributed by atoms with Crippen LogP contribution < -0.4 is 5.32 Å². The molecule has 1 fully saturated rings. The zero-order valence-corrected chi connectivity index (χ0v) is 15.6. The van der Waals surface area contributed by atoms with Crippen LogP contribution >= 0.6 is 0 Å². The first-order valence-corrected chi connectivity index (χ1v) is 9.13. The average molecular weight is 397 g/mol. The second kappa shape index (κ2) is 9.09. The predicted octanol–water partition coefficient (Wildman–Crippen LogP) is 2.91. The second-order valence-electron chi connectivity index (χ2n) is 6.90. The fourth-order valence-electron chi connectivity index (χ4n) is 3.14. The van der Waals surface area contributed by atoms with Crippen LogP contribution in [0.15, 0.2) is 54.6 Å². The van der Waals surface area contributed by atoms with E-state index in [0.717, 1.165) is 5.56 Å². The number of hydrogen-bond acceptors (Lipinski definition) is 4. The molecule has 3 rings (SSSR count). The number of likely N-dealkylation sites (tertiary alicyclic amines) is 1. The van der Waals surface area contributed by atoms with E-state index in [1.54, 1.807) is 35.2 Å². The van der Waals surface area contributed by atoms with Crippen molar-refractivity contribution in [2.75, 3.05) is 13.1 Å². The lowest BCUT2D eigenvalue weighted by atomic mass is 10.1. The van der Waals surface area contributed by atoms with Crippen LogP contribution in [0.5, 0.6) is 0 Å². The highest BCUT2D eigenvalue weighted by atomic mass is 19.1. The highest BCUT2D eigenvalue weighted by Gasteiger charge is 2.29. The smallest absolute Gasteiger partial charge is 0.269 e. The van der Waals surface area contributed by atoms with Crippen LogP contribution in [0.4, 0.5) is 10.1 Å². The molecule has 0 bridgehead atoms. The van der Waals surface area contributed by atoms with Crippen molar-refractivity contribution in [1.82, 2.24) is 10.2 Å². The summed E-state index contributed by atoms with van der Waals surface area (Å²) in [5, 5.41) is 13.4. The van der Waals surface area contributed by atoms with E-state index < -0.39 is 4.92 Å². The van der Waals surface area contributed by atoms with Crippen molar-refractivity contribution in [3.05, 3.63) is 81.7 Å². The van der Waals surface area contributed by atoms with Crippen molar-refractivity contribution in [2.24, 2.45) is 5.92 Å². The number of non-ortho nitro benzene ring substituents is 1. The Balaban J connectivity index is 1.46. The molecule has 0 saturated carbocycles. The first-order chi connectivity index (χ1) is 13.9. The van der Waals surface area contributed by atoms with Crippen molar-refractivity contribution >= 4 is 23.6 Å². The van der Waals surface area contributed by atoms with Crippen LogP contribution in [-0.2, 0) is 16.1 Å². The summed E-state index contributed by atoms with van der Waals surface area (Å²) in [6.45, 7) is 1.32. The van der Waals surface area contributed by atoms with Crippen molar-refractivity contribution in [1.29, 1.82) is 0 Å². The molecule has 1 atom stereocenters. The molecular weight excluding hydrogens is 377 g/mol. The summed E-state index contributed by atoms with van der Waals surface area (Å²) >= 11 is 0. The van der Waals surface area contributed by atoms with Crippen molar-refractivity contribution in [2.45, 2.75) is 13.0 Å². The normalized spacial score (nSPS) is 16.4. The number of carbonyl (C=O) groups is 2. The Labute approximate surface area is 167 Å². The molecule has 1 unspecified atom stereocenters. The SMILES string of the molecule is O=C(/C=C\c1ccc([N+](=O)[O-])cc1)NCC1CC(=O)N(Cc2ccc(F)cc2)C1. The number of nitrogens with zero attached hydrogens (tertiary/aromatic N) is 2. The maximum Gasteiger partial charge on any atom is 0.269 e. The Hall–Kier alpha value is -3.55. The van der Waals surface area contributed by atoms with E-state index in [-0.39, 0.29) is 29.2 Å². The van der Waals surface area contributed by atoms with E-state index in [1.807, 2.05) is 0 Å². The fraction of sp³-hybridized carbons (Fsp3) is 0.238. The lowest BCUT2D eigenvalue weighted by Crippen LogP contribution is -2.30. The Kier molecular flexibility index (Phi) is 6.33. The van der Waals surface area contributed by atoms with E-state index in [2.05, 4.69) is 5.32 Å². The van der Waals surface area contributed by atoms with Crippen molar-refractivity contribution < 1.29 is 18.9 Å². The molecule has 1 aliphatic rings. The highest BCUT2D eigenvalue weighted by molar-refractivity contribution is 5.91. The molecule has 0 radical (unpaired) electrons. The van der Waals surface area contributed by atoms with Crippen LogP contribution in [0, 0.1) is 21.8 Å². The summed E-state index contributed by atoms with van der Waals surface area (Å²) in [5.74, 6) is -0.591. The first kappa shape index (κ1) is 20.2. The molecule has 150 valence electrons. The molecule has 1 heterocycles. The molecule has 1 aliphatic heterocycles. The third-order valence-corrected chi connectivity index (χ3v) is 4.68.